The molecule has 0 saturated heterocycles. The van der Waals surface area contributed by atoms with E-state index >= 15 is 0 Å². The van der Waals surface area contributed by atoms with E-state index in [0.717, 1.165) is 16.0 Å². The molecular formula is C19H17N5O4S. The van der Waals surface area contributed by atoms with Crippen molar-refractivity contribution in [2.75, 3.05) is 12.3 Å². The maximum atomic E-state index is 12.8. The van der Waals surface area contributed by atoms with Crippen molar-refractivity contribution >= 4 is 28.8 Å². The summed E-state index contributed by atoms with van der Waals surface area (Å²) in [7, 11) is 0. The third-order valence-electron chi connectivity index (χ3n) is 4.55. The number of carbonyl (C=O) groups excluding carboxylic acids is 2. The van der Waals surface area contributed by atoms with Crippen LogP contribution in [0.4, 0.5) is 5.69 Å². The van der Waals surface area contributed by atoms with Crippen LogP contribution in [0.3, 0.4) is 0 Å². The highest BCUT2D eigenvalue weighted by atomic mass is 32.1. The van der Waals surface area contributed by atoms with Gasteiger partial charge in [0.1, 0.15) is 22.7 Å². The van der Waals surface area contributed by atoms with Crippen molar-refractivity contribution in [1.29, 1.82) is 10.5 Å². The molecule has 1 aliphatic rings. The highest BCUT2D eigenvalue weighted by molar-refractivity contribution is 7.17. The molecule has 0 fully saturated rings. The summed E-state index contributed by atoms with van der Waals surface area (Å²) in [4.78, 5) is 38.0. The molecule has 0 atom stereocenters. The van der Waals surface area contributed by atoms with Crippen LogP contribution in [0.1, 0.15) is 64.0 Å². The standard InChI is InChI=1S/C19H17N5O4S/c1-4-28-18(27)14-13(22)11(8-21)16(26)24(23-14)17-10(7-20)9-5-19(2,3)6-12(25)15(9)29-17/h4-6,22H2,1-3H3. The number of anilines is 1. The number of nitrogens with two attached hydrogens (primary N) is 1. The maximum Gasteiger partial charge on any atom is 0.361 e. The molecule has 0 aliphatic heterocycles. The molecule has 0 aromatic carbocycles. The van der Waals surface area contributed by atoms with Crippen molar-refractivity contribution in [2.45, 2.75) is 33.6 Å². The first-order valence-corrected chi connectivity index (χ1v) is 9.56. The number of ether oxygens (including phenoxy) is 1. The summed E-state index contributed by atoms with van der Waals surface area (Å²) in [6.45, 7) is 5.48. The van der Waals surface area contributed by atoms with Gasteiger partial charge in [-0.05, 0) is 24.3 Å². The number of nitrogens with zero attached hydrogens (tertiary/aromatic N) is 4. The van der Waals surface area contributed by atoms with Gasteiger partial charge in [-0.2, -0.15) is 20.3 Å². The number of Topliss-reactive ketones (excluding diaryl/α,β-unsaturated/α-hetero) is 1. The van der Waals surface area contributed by atoms with E-state index in [0.29, 0.717) is 23.3 Å². The monoisotopic (exact) mass is 411 g/mol. The summed E-state index contributed by atoms with van der Waals surface area (Å²) in [6, 6.07) is 3.72. The number of hydrogen-bond acceptors (Lipinski definition) is 9. The third-order valence-corrected chi connectivity index (χ3v) is 5.80. The van der Waals surface area contributed by atoms with E-state index in [2.05, 4.69) is 5.10 Å². The fourth-order valence-electron chi connectivity index (χ4n) is 3.30. The smallest absolute Gasteiger partial charge is 0.361 e. The molecule has 0 unspecified atom stereocenters. The van der Waals surface area contributed by atoms with Gasteiger partial charge in [-0.25, -0.2) is 4.79 Å². The van der Waals surface area contributed by atoms with Crippen LogP contribution in [0.25, 0.3) is 5.00 Å². The highest BCUT2D eigenvalue weighted by Gasteiger charge is 2.36. The molecule has 3 rings (SSSR count). The molecule has 0 bridgehead atoms. The van der Waals surface area contributed by atoms with E-state index in [-0.39, 0.29) is 34.1 Å². The minimum atomic E-state index is -0.896. The summed E-state index contributed by atoms with van der Waals surface area (Å²) in [5.41, 5.74) is 3.99. The average molecular weight is 411 g/mol. The lowest BCUT2D eigenvalue weighted by Crippen LogP contribution is -2.29. The number of carbonyl (C=O) groups is 2. The zero-order valence-corrected chi connectivity index (χ0v) is 16.8. The highest BCUT2D eigenvalue weighted by Crippen LogP contribution is 2.42. The number of rotatable bonds is 3. The lowest BCUT2D eigenvalue weighted by molar-refractivity contribution is 0.0518. The Bertz CT molecular complexity index is 1190. The lowest BCUT2D eigenvalue weighted by atomic mass is 9.75. The van der Waals surface area contributed by atoms with Crippen molar-refractivity contribution < 1.29 is 14.3 Å². The van der Waals surface area contributed by atoms with Gasteiger partial charge in [-0.15, -0.1) is 11.3 Å². The molecule has 0 spiro atoms. The molecule has 2 N–H and O–H groups in total. The molecule has 2 heterocycles. The van der Waals surface area contributed by atoms with Crippen molar-refractivity contribution in [3.63, 3.8) is 0 Å². The van der Waals surface area contributed by atoms with E-state index in [1.165, 1.54) is 0 Å². The molecule has 0 amide bonds. The fraction of sp³-hybridized carbons (Fsp3) is 0.368. The van der Waals surface area contributed by atoms with Crippen molar-refractivity contribution in [3.05, 3.63) is 37.6 Å². The van der Waals surface area contributed by atoms with Gasteiger partial charge in [0.15, 0.2) is 11.5 Å². The predicted octanol–water partition coefficient (Wildman–Crippen LogP) is 1.95. The van der Waals surface area contributed by atoms with E-state index < -0.39 is 22.8 Å². The molecule has 1 aliphatic carbocycles. The minimum Gasteiger partial charge on any atom is -0.461 e. The summed E-state index contributed by atoms with van der Waals surface area (Å²) >= 11 is 0.948. The minimum absolute atomic E-state index is 0.0430. The third kappa shape index (κ3) is 3.28. The normalized spacial score (nSPS) is 14.6. The second-order valence-corrected chi connectivity index (χ2v) is 8.33. The predicted molar refractivity (Wildman–Crippen MR) is 104 cm³/mol. The van der Waals surface area contributed by atoms with Crippen molar-refractivity contribution in [1.82, 2.24) is 9.78 Å². The number of nitrogen functional groups attached to an aromatic ring is 1. The van der Waals surface area contributed by atoms with Crippen LogP contribution in [0.15, 0.2) is 4.79 Å². The van der Waals surface area contributed by atoms with Crippen LogP contribution in [-0.2, 0) is 11.2 Å². The first kappa shape index (κ1) is 20.2. The molecule has 0 radical (unpaired) electrons. The molecule has 10 heteroatoms. The topological polar surface area (TPSA) is 152 Å². The largest absolute Gasteiger partial charge is 0.461 e. The van der Waals surface area contributed by atoms with Crippen LogP contribution < -0.4 is 11.3 Å². The number of nitriles is 2. The Morgan fingerprint density at radius 2 is 1.93 bits per heavy atom. The van der Waals surface area contributed by atoms with Gasteiger partial charge in [0, 0.05) is 6.42 Å². The van der Waals surface area contributed by atoms with E-state index in [4.69, 9.17) is 10.5 Å². The first-order valence-electron chi connectivity index (χ1n) is 8.74. The molecule has 29 heavy (non-hydrogen) atoms. The van der Waals surface area contributed by atoms with Crippen LogP contribution in [0.5, 0.6) is 0 Å². The second kappa shape index (κ2) is 7.15. The van der Waals surface area contributed by atoms with Gasteiger partial charge >= 0.3 is 5.97 Å². The SMILES string of the molecule is CCOC(=O)c1nn(-c2sc3c(c2C#N)CC(C)(C)CC3=O)c(=O)c(C#N)c1N. The fourth-order valence-corrected chi connectivity index (χ4v) is 4.46. The number of hydrogen-bond donors (Lipinski definition) is 1. The Morgan fingerprint density at radius 1 is 1.28 bits per heavy atom. The summed E-state index contributed by atoms with van der Waals surface area (Å²) in [5, 5.41) is 23.2. The van der Waals surface area contributed by atoms with E-state index in [1.54, 1.807) is 13.0 Å². The van der Waals surface area contributed by atoms with Gasteiger partial charge in [-0.1, -0.05) is 13.8 Å². The first-order chi connectivity index (χ1) is 13.6. The maximum absolute atomic E-state index is 12.8. The Balaban J connectivity index is 2.33. The number of aromatic nitrogens is 2. The average Bonchev–Trinajstić information content (AvgIpc) is 2.99. The number of ketones is 1. The molecular weight excluding hydrogens is 394 g/mol. The molecule has 148 valence electrons. The van der Waals surface area contributed by atoms with Crippen LogP contribution in [-0.4, -0.2) is 28.1 Å². The Labute approximate surface area is 169 Å². The zero-order valence-electron chi connectivity index (χ0n) is 16.0. The molecule has 0 saturated carbocycles. The Kier molecular flexibility index (Phi) is 4.99. The molecule has 2 aromatic rings. The van der Waals surface area contributed by atoms with Gasteiger partial charge < -0.3 is 10.5 Å². The van der Waals surface area contributed by atoms with Crippen LogP contribution in [0, 0.1) is 28.1 Å². The van der Waals surface area contributed by atoms with Crippen LogP contribution >= 0.6 is 11.3 Å². The second-order valence-electron chi connectivity index (χ2n) is 7.33. The quantitative estimate of drug-likeness (QED) is 0.752. The Hall–Kier alpha value is -3.50. The number of esters is 1. The van der Waals surface area contributed by atoms with E-state index in [1.807, 2.05) is 19.9 Å². The number of fused-ring (bicyclic) bond motifs is 1. The van der Waals surface area contributed by atoms with Crippen LogP contribution in [0.2, 0.25) is 0 Å². The van der Waals surface area contributed by atoms with E-state index in [9.17, 15) is 24.9 Å². The summed E-state index contributed by atoms with van der Waals surface area (Å²) in [6.07, 6.45) is 0.791. The lowest BCUT2D eigenvalue weighted by Gasteiger charge is -2.28. The zero-order chi connectivity index (χ0) is 21.5. The summed E-state index contributed by atoms with van der Waals surface area (Å²) in [5.74, 6) is -1.02. The van der Waals surface area contributed by atoms with Gasteiger partial charge in [-0.3, -0.25) is 9.59 Å². The van der Waals surface area contributed by atoms with Gasteiger partial charge in [0.2, 0.25) is 0 Å². The van der Waals surface area contributed by atoms with Gasteiger partial charge in [0.25, 0.3) is 5.56 Å². The number of thiophene rings is 1. The molecule has 9 nitrogen and oxygen atoms in total. The molecule has 2 aromatic heterocycles. The van der Waals surface area contributed by atoms with Crippen molar-refractivity contribution in [3.8, 4) is 17.1 Å². The Morgan fingerprint density at radius 3 is 2.52 bits per heavy atom. The van der Waals surface area contributed by atoms with Crippen molar-refractivity contribution in [2.24, 2.45) is 5.41 Å². The summed E-state index contributed by atoms with van der Waals surface area (Å²) < 4.78 is 5.69. The van der Waals surface area contributed by atoms with Gasteiger partial charge in [0.05, 0.1) is 22.7 Å².